The van der Waals surface area contributed by atoms with Gasteiger partial charge in [0.1, 0.15) is 11.5 Å². The van der Waals surface area contributed by atoms with E-state index in [4.69, 9.17) is 13.9 Å². The average Bonchev–Trinajstić information content (AvgIpc) is 3.56. The highest BCUT2D eigenvalue weighted by molar-refractivity contribution is 7.07. The van der Waals surface area contributed by atoms with E-state index in [0.29, 0.717) is 44.3 Å². The summed E-state index contributed by atoms with van der Waals surface area (Å²) in [7, 11) is 1.30. The predicted molar refractivity (Wildman–Crippen MR) is 154 cm³/mol. The van der Waals surface area contributed by atoms with Gasteiger partial charge in [0.05, 0.1) is 46.0 Å². The second-order valence-electron chi connectivity index (χ2n) is 9.34. The van der Waals surface area contributed by atoms with Gasteiger partial charge in [0.2, 0.25) is 0 Å². The first kappa shape index (κ1) is 28.4. The second kappa shape index (κ2) is 11.4. The highest BCUT2D eigenvalue weighted by atomic mass is 32.1. The summed E-state index contributed by atoms with van der Waals surface area (Å²) in [5, 5.41) is 11.7. The molecule has 2 aromatic carbocycles. The van der Waals surface area contributed by atoms with E-state index in [-0.39, 0.29) is 22.4 Å². The summed E-state index contributed by atoms with van der Waals surface area (Å²) >= 11 is 1.09. The van der Waals surface area contributed by atoms with E-state index < -0.39 is 28.5 Å². The molecule has 2 aromatic heterocycles. The number of esters is 2. The number of furan rings is 1. The number of methoxy groups -OCH3 is 1. The summed E-state index contributed by atoms with van der Waals surface area (Å²) in [6.07, 6.45) is 1.55. The normalized spacial score (nSPS) is 14.8. The van der Waals surface area contributed by atoms with E-state index in [1.165, 1.54) is 17.7 Å². The number of fused-ring (bicyclic) bond motifs is 1. The smallest absolute Gasteiger partial charge is 0.338 e. The number of carbonyl (C=O) groups excluding carboxylic acids is 2. The lowest BCUT2D eigenvalue weighted by atomic mass is 9.94. The SMILES string of the molecule is CCOC(=O)C1=C(C)N=c2s/c(=C/c3ccc(-c4ccccc4C(=O)OC)o3)c(=O)n2[C@@H]1c1ccc(C)c([N+](=O)[O-])c1. The van der Waals surface area contributed by atoms with Crippen LogP contribution in [-0.2, 0) is 14.3 Å². The van der Waals surface area contributed by atoms with E-state index in [1.807, 2.05) is 0 Å². The van der Waals surface area contributed by atoms with Gasteiger partial charge in [0.25, 0.3) is 11.2 Å². The van der Waals surface area contributed by atoms with Crippen molar-refractivity contribution in [3.8, 4) is 11.3 Å². The van der Waals surface area contributed by atoms with Crippen LogP contribution in [0.3, 0.4) is 0 Å². The number of allylic oxidation sites excluding steroid dienone is 1. The van der Waals surface area contributed by atoms with Gasteiger partial charge in [-0.05, 0) is 44.5 Å². The molecule has 0 fully saturated rings. The van der Waals surface area contributed by atoms with Crippen LogP contribution in [0.2, 0.25) is 0 Å². The van der Waals surface area contributed by atoms with Gasteiger partial charge in [-0.1, -0.05) is 41.7 Å². The van der Waals surface area contributed by atoms with Crippen LogP contribution in [-0.4, -0.2) is 35.1 Å². The van der Waals surface area contributed by atoms with Crippen LogP contribution in [0, 0.1) is 17.0 Å². The molecule has 4 aromatic rings. The van der Waals surface area contributed by atoms with Crippen LogP contribution in [0.4, 0.5) is 5.69 Å². The number of thiazole rings is 1. The Balaban J connectivity index is 1.66. The Labute approximate surface area is 242 Å². The van der Waals surface area contributed by atoms with Gasteiger partial charge in [-0.2, -0.15) is 0 Å². The zero-order chi connectivity index (χ0) is 30.1. The molecule has 214 valence electrons. The van der Waals surface area contributed by atoms with Crippen LogP contribution in [0.15, 0.2) is 80.1 Å². The molecule has 0 unspecified atom stereocenters. The van der Waals surface area contributed by atoms with Gasteiger partial charge < -0.3 is 13.9 Å². The first-order valence-electron chi connectivity index (χ1n) is 12.9. The maximum Gasteiger partial charge on any atom is 0.338 e. The minimum absolute atomic E-state index is 0.0979. The molecular formula is C30H25N3O8S. The van der Waals surface area contributed by atoms with E-state index in [1.54, 1.807) is 75.4 Å². The number of carbonyl (C=O) groups is 2. The number of rotatable bonds is 7. The Morgan fingerprint density at radius 2 is 1.90 bits per heavy atom. The molecule has 0 aliphatic carbocycles. The molecule has 5 rings (SSSR count). The lowest BCUT2D eigenvalue weighted by Gasteiger charge is -2.24. The second-order valence-corrected chi connectivity index (χ2v) is 10.4. The minimum Gasteiger partial charge on any atom is -0.465 e. The lowest BCUT2D eigenvalue weighted by molar-refractivity contribution is -0.385. The number of hydrogen-bond donors (Lipinski definition) is 0. The van der Waals surface area contributed by atoms with Crippen molar-refractivity contribution >= 4 is 35.0 Å². The molecule has 0 amide bonds. The van der Waals surface area contributed by atoms with Crippen LogP contribution < -0.4 is 14.9 Å². The summed E-state index contributed by atoms with van der Waals surface area (Å²) in [6, 6.07) is 13.8. The van der Waals surface area contributed by atoms with Gasteiger partial charge >= 0.3 is 11.9 Å². The van der Waals surface area contributed by atoms with Gasteiger partial charge in [0, 0.05) is 23.3 Å². The number of nitro benzene ring substituents is 1. The number of aryl methyl sites for hydroxylation is 1. The third-order valence-electron chi connectivity index (χ3n) is 6.76. The van der Waals surface area contributed by atoms with Gasteiger partial charge in [0.15, 0.2) is 4.80 Å². The molecule has 0 bridgehead atoms. The van der Waals surface area contributed by atoms with Crippen molar-refractivity contribution in [2.45, 2.75) is 26.8 Å². The Bertz CT molecular complexity index is 1960. The van der Waals surface area contributed by atoms with Crippen LogP contribution in [0.1, 0.15) is 47.1 Å². The number of aromatic nitrogens is 1. The van der Waals surface area contributed by atoms with Crippen molar-refractivity contribution in [2.24, 2.45) is 4.99 Å². The molecule has 42 heavy (non-hydrogen) atoms. The summed E-state index contributed by atoms with van der Waals surface area (Å²) in [4.78, 5) is 55.2. The molecule has 0 saturated heterocycles. The molecule has 1 aliphatic heterocycles. The van der Waals surface area contributed by atoms with Crippen molar-refractivity contribution in [1.29, 1.82) is 0 Å². The Morgan fingerprint density at radius 3 is 2.62 bits per heavy atom. The zero-order valence-electron chi connectivity index (χ0n) is 23.1. The fourth-order valence-corrected chi connectivity index (χ4v) is 5.82. The minimum atomic E-state index is -0.999. The molecular weight excluding hydrogens is 562 g/mol. The van der Waals surface area contributed by atoms with E-state index >= 15 is 0 Å². The lowest BCUT2D eigenvalue weighted by Crippen LogP contribution is -2.40. The summed E-state index contributed by atoms with van der Waals surface area (Å²) in [6.45, 7) is 5.01. The van der Waals surface area contributed by atoms with Crippen molar-refractivity contribution in [2.75, 3.05) is 13.7 Å². The number of nitrogens with zero attached hydrogens (tertiary/aromatic N) is 3. The topological polar surface area (TPSA) is 143 Å². The van der Waals surface area contributed by atoms with Gasteiger partial charge in [-0.15, -0.1) is 0 Å². The summed E-state index contributed by atoms with van der Waals surface area (Å²) < 4.78 is 17.7. The van der Waals surface area contributed by atoms with Crippen molar-refractivity contribution in [3.63, 3.8) is 0 Å². The van der Waals surface area contributed by atoms with Crippen LogP contribution in [0.5, 0.6) is 0 Å². The third kappa shape index (κ3) is 5.07. The monoisotopic (exact) mass is 587 g/mol. The quantitative estimate of drug-likeness (QED) is 0.179. The fourth-order valence-electron chi connectivity index (χ4n) is 4.79. The highest BCUT2D eigenvalue weighted by Gasteiger charge is 2.34. The van der Waals surface area contributed by atoms with Crippen molar-refractivity contribution < 1.29 is 28.4 Å². The Morgan fingerprint density at radius 1 is 1.14 bits per heavy atom. The molecule has 12 heteroatoms. The van der Waals surface area contributed by atoms with E-state index in [9.17, 15) is 24.5 Å². The molecule has 0 saturated carbocycles. The standard InChI is InChI=1S/C30H25N3O8S/c1-5-40-29(36)25-17(3)31-30-32(26(25)18-11-10-16(2)22(14-18)33(37)38)27(34)24(42-30)15-19-12-13-23(41-19)20-8-6-7-9-21(20)28(35)39-4/h6-15,26H,5H2,1-4H3/b24-15+/t26-/m1/s1. The number of benzene rings is 2. The number of ether oxygens (including phenoxy) is 2. The predicted octanol–water partition coefficient (Wildman–Crippen LogP) is 4.06. The first-order valence-corrected chi connectivity index (χ1v) is 13.7. The summed E-state index contributed by atoms with van der Waals surface area (Å²) in [5.74, 6) is -0.429. The average molecular weight is 588 g/mol. The molecule has 3 heterocycles. The van der Waals surface area contributed by atoms with Crippen LogP contribution >= 0.6 is 11.3 Å². The van der Waals surface area contributed by atoms with Crippen molar-refractivity contribution in [1.82, 2.24) is 4.57 Å². The largest absolute Gasteiger partial charge is 0.465 e. The maximum absolute atomic E-state index is 13.8. The van der Waals surface area contributed by atoms with E-state index in [2.05, 4.69) is 4.99 Å². The molecule has 11 nitrogen and oxygen atoms in total. The highest BCUT2D eigenvalue weighted by Crippen LogP contribution is 2.33. The first-order chi connectivity index (χ1) is 20.1. The number of hydrogen-bond acceptors (Lipinski definition) is 10. The Hall–Kier alpha value is -5.10. The zero-order valence-corrected chi connectivity index (χ0v) is 23.9. The van der Waals surface area contributed by atoms with Gasteiger partial charge in [-0.25, -0.2) is 14.6 Å². The third-order valence-corrected chi connectivity index (χ3v) is 7.74. The Kier molecular flexibility index (Phi) is 7.72. The van der Waals surface area contributed by atoms with E-state index in [0.717, 1.165) is 11.3 Å². The molecule has 1 aliphatic rings. The molecule has 0 N–H and O–H groups in total. The fraction of sp³-hybridized carbons (Fsp3) is 0.200. The maximum atomic E-state index is 13.8. The number of nitro groups is 1. The van der Waals surface area contributed by atoms with Gasteiger partial charge in [-0.3, -0.25) is 19.5 Å². The van der Waals surface area contributed by atoms with Crippen molar-refractivity contribution in [3.05, 3.63) is 118 Å². The molecule has 0 spiro atoms. The molecule has 0 radical (unpaired) electrons. The van der Waals surface area contributed by atoms with Crippen LogP contribution in [0.25, 0.3) is 17.4 Å². The summed E-state index contributed by atoms with van der Waals surface area (Å²) in [5.41, 5.74) is 1.53. The molecule has 1 atom stereocenters.